The van der Waals surface area contributed by atoms with Gasteiger partial charge < -0.3 is 25.4 Å². The van der Waals surface area contributed by atoms with Crippen LogP contribution in [0.1, 0.15) is 27.6 Å². The number of carbonyl (C=O) groups is 1. The monoisotopic (exact) mass is 442 g/mol. The molecule has 2 atom stereocenters. The van der Waals surface area contributed by atoms with Crippen molar-refractivity contribution < 1.29 is 24.9 Å². The fourth-order valence-corrected chi connectivity index (χ4v) is 3.18. The van der Waals surface area contributed by atoms with Gasteiger partial charge in [0.05, 0.1) is 18.3 Å². The van der Waals surface area contributed by atoms with Crippen molar-refractivity contribution in [2.24, 2.45) is 0 Å². The molecule has 0 fully saturated rings. The van der Waals surface area contributed by atoms with Gasteiger partial charge in [0.25, 0.3) is 0 Å². The Kier molecular flexibility index (Phi) is 7.97. The minimum absolute atomic E-state index is 0.0830. The highest BCUT2D eigenvalue weighted by atomic mass is 35.5. The number of rotatable bonds is 10. The number of hydrogen-bond acceptors (Lipinski definition) is 6. The van der Waals surface area contributed by atoms with Gasteiger partial charge in [-0.15, -0.1) is 0 Å². The number of ether oxygens (including phenoxy) is 1. The van der Waals surface area contributed by atoms with E-state index in [0.717, 1.165) is 5.56 Å². The molecule has 2 aromatic carbocycles. The predicted molar refractivity (Wildman–Crippen MR) is 117 cm³/mol. The lowest BCUT2D eigenvalue weighted by Crippen LogP contribution is -2.37. The van der Waals surface area contributed by atoms with Crippen LogP contribution in [0.15, 0.2) is 66.9 Å². The van der Waals surface area contributed by atoms with Crippen LogP contribution in [-0.2, 0) is 6.42 Å². The smallest absolute Gasteiger partial charge is 0.337 e. The summed E-state index contributed by atoms with van der Waals surface area (Å²) in [6, 6.07) is 17.0. The lowest BCUT2D eigenvalue weighted by atomic mass is 10.1. The van der Waals surface area contributed by atoms with Gasteiger partial charge in [0.15, 0.2) is 0 Å². The summed E-state index contributed by atoms with van der Waals surface area (Å²) in [6.07, 6.45) is 1.06. The number of nitrogens with zero attached hydrogens (tertiary/aromatic N) is 1. The number of aromatic nitrogens is 1. The summed E-state index contributed by atoms with van der Waals surface area (Å²) in [5.74, 6) is -0.192. The second-order valence-electron chi connectivity index (χ2n) is 7.00. The predicted octanol–water partition coefficient (Wildman–Crippen LogP) is 3.45. The van der Waals surface area contributed by atoms with E-state index in [1.807, 2.05) is 12.1 Å². The van der Waals surface area contributed by atoms with Crippen LogP contribution in [0.2, 0.25) is 5.02 Å². The Bertz CT molecular complexity index is 996. The molecule has 31 heavy (non-hydrogen) atoms. The lowest BCUT2D eigenvalue weighted by Gasteiger charge is -2.19. The van der Waals surface area contributed by atoms with Crippen LogP contribution in [-0.4, -0.2) is 45.5 Å². The molecule has 0 saturated heterocycles. The molecule has 1 aromatic heterocycles. The second-order valence-corrected chi connectivity index (χ2v) is 7.44. The molecule has 3 rings (SSSR count). The average molecular weight is 443 g/mol. The summed E-state index contributed by atoms with van der Waals surface area (Å²) in [6.45, 7) is 0.200. The third-order valence-electron chi connectivity index (χ3n) is 4.66. The molecule has 162 valence electrons. The average Bonchev–Trinajstić information content (AvgIpc) is 2.78. The number of carboxylic acids is 1. The lowest BCUT2D eigenvalue weighted by molar-refractivity contribution is 0.0696. The van der Waals surface area contributed by atoms with Crippen LogP contribution in [0, 0.1) is 0 Å². The Labute approximate surface area is 184 Å². The highest BCUT2D eigenvalue weighted by Gasteiger charge is 2.13. The standard InChI is InChI=1S/C23H23ClN2O5/c24-18-3-1-2-16(11-18)21(28)13-25-19(14-27)10-15-4-7-20(8-5-15)31-22-9-6-17(12-26-22)23(29)30/h1-9,11-12,19,21,25,27-28H,10,13-14H2,(H,29,30)/t19-,21-/m0/s1. The van der Waals surface area contributed by atoms with Crippen molar-refractivity contribution in [1.82, 2.24) is 10.3 Å². The van der Waals surface area contributed by atoms with Crippen molar-refractivity contribution in [2.75, 3.05) is 13.2 Å². The van der Waals surface area contributed by atoms with Crippen molar-refractivity contribution in [2.45, 2.75) is 18.6 Å². The Morgan fingerprint density at radius 1 is 1.13 bits per heavy atom. The summed E-state index contributed by atoms with van der Waals surface area (Å²) in [5.41, 5.74) is 1.78. The maximum atomic E-state index is 10.9. The van der Waals surface area contributed by atoms with Crippen molar-refractivity contribution in [3.05, 3.63) is 88.6 Å². The van der Waals surface area contributed by atoms with E-state index < -0.39 is 12.1 Å². The highest BCUT2D eigenvalue weighted by Crippen LogP contribution is 2.21. The van der Waals surface area contributed by atoms with E-state index in [9.17, 15) is 15.0 Å². The van der Waals surface area contributed by atoms with E-state index in [4.69, 9.17) is 21.4 Å². The minimum atomic E-state index is -1.05. The molecule has 1 heterocycles. The van der Waals surface area contributed by atoms with E-state index in [2.05, 4.69) is 10.3 Å². The van der Waals surface area contributed by atoms with Crippen LogP contribution in [0.25, 0.3) is 0 Å². The molecule has 0 spiro atoms. The number of nitrogens with one attached hydrogen (secondary N) is 1. The molecule has 0 radical (unpaired) electrons. The normalized spacial score (nSPS) is 12.9. The van der Waals surface area contributed by atoms with Crippen LogP contribution in [0.4, 0.5) is 0 Å². The van der Waals surface area contributed by atoms with Crippen LogP contribution in [0.5, 0.6) is 11.6 Å². The Morgan fingerprint density at radius 2 is 1.90 bits per heavy atom. The molecule has 0 aliphatic carbocycles. The zero-order valence-corrected chi connectivity index (χ0v) is 17.4. The molecule has 3 aromatic rings. The zero-order chi connectivity index (χ0) is 22.2. The van der Waals surface area contributed by atoms with Gasteiger partial charge >= 0.3 is 5.97 Å². The molecule has 0 bridgehead atoms. The van der Waals surface area contributed by atoms with Gasteiger partial charge in [-0.25, -0.2) is 9.78 Å². The number of aliphatic hydroxyl groups excluding tert-OH is 2. The number of benzene rings is 2. The number of aliphatic hydroxyl groups is 2. The van der Waals surface area contributed by atoms with E-state index in [0.29, 0.717) is 28.6 Å². The molecular formula is C23H23ClN2O5. The van der Waals surface area contributed by atoms with E-state index >= 15 is 0 Å². The van der Waals surface area contributed by atoms with Gasteiger partial charge in [-0.05, 0) is 47.9 Å². The molecule has 7 nitrogen and oxygen atoms in total. The third kappa shape index (κ3) is 6.77. The molecule has 0 aliphatic heterocycles. The first-order chi connectivity index (χ1) is 14.9. The van der Waals surface area contributed by atoms with E-state index in [1.54, 1.807) is 36.4 Å². The first-order valence-corrected chi connectivity index (χ1v) is 10.1. The summed E-state index contributed by atoms with van der Waals surface area (Å²) in [5, 5.41) is 32.6. The number of halogens is 1. The quantitative estimate of drug-likeness (QED) is 0.380. The summed E-state index contributed by atoms with van der Waals surface area (Å²) >= 11 is 5.96. The molecular weight excluding hydrogens is 420 g/mol. The van der Waals surface area contributed by atoms with Gasteiger partial charge in [0, 0.05) is 29.9 Å². The molecule has 0 aliphatic rings. The molecule has 8 heteroatoms. The fourth-order valence-electron chi connectivity index (χ4n) is 2.98. The summed E-state index contributed by atoms with van der Waals surface area (Å²) < 4.78 is 5.62. The zero-order valence-electron chi connectivity index (χ0n) is 16.6. The third-order valence-corrected chi connectivity index (χ3v) is 4.90. The SMILES string of the molecule is O=C(O)c1ccc(Oc2ccc(C[C@@H](CO)NC[C@H](O)c3cccc(Cl)c3)cc2)nc1. The maximum absolute atomic E-state index is 10.9. The van der Waals surface area contributed by atoms with Crippen LogP contribution in [0.3, 0.4) is 0 Å². The first kappa shape index (κ1) is 22.7. The number of pyridine rings is 1. The Morgan fingerprint density at radius 3 is 2.52 bits per heavy atom. The Hall–Kier alpha value is -2.97. The van der Waals surface area contributed by atoms with Gasteiger partial charge in [0.2, 0.25) is 5.88 Å². The summed E-state index contributed by atoms with van der Waals surface area (Å²) in [4.78, 5) is 14.8. The maximum Gasteiger partial charge on any atom is 0.337 e. The van der Waals surface area contributed by atoms with Gasteiger partial charge in [-0.3, -0.25) is 0 Å². The van der Waals surface area contributed by atoms with Gasteiger partial charge in [-0.2, -0.15) is 0 Å². The summed E-state index contributed by atoms with van der Waals surface area (Å²) in [7, 11) is 0. The van der Waals surface area contributed by atoms with E-state index in [-0.39, 0.29) is 24.8 Å². The second kappa shape index (κ2) is 10.9. The molecule has 0 unspecified atom stereocenters. The minimum Gasteiger partial charge on any atom is -0.478 e. The number of carboxylic acid groups (broad SMARTS) is 1. The Balaban J connectivity index is 1.53. The van der Waals surface area contributed by atoms with Crippen LogP contribution >= 0.6 is 11.6 Å². The topological polar surface area (TPSA) is 112 Å². The van der Waals surface area contributed by atoms with Gasteiger partial charge in [0.1, 0.15) is 5.75 Å². The molecule has 4 N–H and O–H groups in total. The van der Waals surface area contributed by atoms with Crippen molar-refractivity contribution >= 4 is 17.6 Å². The number of hydrogen-bond donors (Lipinski definition) is 4. The van der Waals surface area contributed by atoms with Crippen LogP contribution < -0.4 is 10.1 Å². The largest absolute Gasteiger partial charge is 0.478 e. The number of aromatic carboxylic acids is 1. The van der Waals surface area contributed by atoms with Crippen molar-refractivity contribution in [1.29, 1.82) is 0 Å². The van der Waals surface area contributed by atoms with Crippen molar-refractivity contribution in [3.63, 3.8) is 0 Å². The fraction of sp³-hybridized carbons (Fsp3) is 0.217. The molecule has 0 amide bonds. The highest BCUT2D eigenvalue weighted by molar-refractivity contribution is 6.30. The van der Waals surface area contributed by atoms with Gasteiger partial charge in [-0.1, -0.05) is 35.9 Å². The van der Waals surface area contributed by atoms with E-state index in [1.165, 1.54) is 18.3 Å². The van der Waals surface area contributed by atoms with Crippen molar-refractivity contribution in [3.8, 4) is 11.6 Å². The molecule has 0 saturated carbocycles. The first-order valence-electron chi connectivity index (χ1n) is 9.68.